The second kappa shape index (κ2) is 40.6. The van der Waals surface area contributed by atoms with Gasteiger partial charge in [0, 0.05) is 24.3 Å². The molecule has 0 atom stereocenters. The first-order chi connectivity index (χ1) is 20.6. The predicted octanol–water partition coefficient (Wildman–Crippen LogP) is 13.4. The van der Waals surface area contributed by atoms with Crippen molar-refractivity contribution in [1.82, 2.24) is 0 Å². The van der Waals surface area contributed by atoms with Crippen LogP contribution >= 0.6 is 24.1 Å². The lowest BCUT2D eigenvalue weighted by Gasteiger charge is -2.04. The minimum Gasteiger partial charge on any atom is -0.391 e. The van der Waals surface area contributed by atoms with Gasteiger partial charge in [-0.1, -0.05) is 182 Å². The van der Waals surface area contributed by atoms with E-state index in [9.17, 15) is 9.59 Å². The smallest absolute Gasteiger partial charge is 0.317 e. The highest BCUT2D eigenvalue weighted by atomic mass is 32.2. The van der Waals surface area contributed by atoms with Gasteiger partial charge in [-0.05, 0) is 12.8 Å². The molecule has 0 bridgehead atoms. The first-order valence-corrected chi connectivity index (χ1v) is 20.1. The second-order valence-electron chi connectivity index (χ2n) is 11.7. The number of carbonyl (C=O) groups excluding carboxylic acids is 2. The molecule has 0 aromatic heterocycles. The Morgan fingerprint density at radius 2 is 0.571 bits per heavy atom. The maximum atomic E-state index is 10.9. The van der Waals surface area contributed by atoms with Crippen molar-refractivity contribution in [2.24, 2.45) is 0 Å². The van der Waals surface area contributed by atoms with E-state index in [1.54, 1.807) is 0 Å². The molecule has 0 saturated heterocycles. The van der Waals surface area contributed by atoms with Crippen molar-refractivity contribution < 1.29 is 18.0 Å². The molecular weight excluding hydrogens is 561 g/mol. The van der Waals surface area contributed by atoms with Crippen molar-refractivity contribution in [3.05, 3.63) is 0 Å². The molecule has 0 rings (SSSR count). The summed E-state index contributed by atoms with van der Waals surface area (Å²) in [5.41, 5.74) is 0. The normalized spacial score (nSPS) is 10.8. The lowest BCUT2D eigenvalue weighted by Crippen LogP contribution is -1.96. The fraction of sp³-hybridized carbons (Fsp3) is 0.944. The average Bonchev–Trinajstić information content (AvgIpc) is 3.01. The maximum Gasteiger partial charge on any atom is 0.317 e. The summed E-state index contributed by atoms with van der Waals surface area (Å²) in [6, 6.07) is 0. The van der Waals surface area contributed by atoms with Crippen LogP contribution in [0.4, 0.5) is 0 Å². The fourth-order valence-corrected chi connectivity index (χ4v) is 6.00. The number of hydrogen-bond acceptors (Lipinski definition) is 6. The van der Waals surface area contributed by atoms with Crippen LogP contribution in [0.1, 0.15) is 207 Å². The Balaban J connectivity index is 0. The molecule has 0 saturated carbocycles. The van der Waals surface area contributed by atoms with Crippen LogP contribution in [0.2, 0.25) is 0 Å². The molecule has 252 valence electrons. The average molecular weight is 633 g/mol. The highest BCUT2D eigenvalue weighted by Gasteiger charge is 2.00. The van der Waals surface area contributed by atoms with E-state index in [2.05, 4.69) is 13.8 Å². The zero-order valence-corrected chi connectivity index (χ0v) is 30.3. The predicted molar refractivity (Wildman–Crippen MR) is 189 cm³/mol. The summed E-state index contributed by atoms with van der Waals surface area (Å²) in [5, 5.41) is 0. The number of rotatable bonds is 32. The largest absolute Gasteiger partial charge is 0.391 e. The van der Waals surface area contributed by atoms with E-state index in [1.807, 2.05) is 13.8 Å². The van der Waals surface area contributed by atoms with E-state index < -0.39 is 0 Å². The van der Waals surface area contributed by atoms with Crippen molar-refractivity contribution in [3.63, 3.8) is 0 Å². The second-order valence-corrected chi connectivity index (χ2v) is 13.4. The molecule has 0 radical (unpaired) electrons. The van der Waals surface area contributed by atoms with Crippen LogP contribution < -0.4 is 0 Å². The molecule has 42 heavy (non-hydrogen) atoms. The summed E-state index contributed by atoms with van der Waals surface area (Å²) in [6.07, 6.45) is 36.7. The molecule has 4 nitrogen and oxygen atoms in total. The topological polar surface area (TPSA) is 52.6 Å². The minimum atomic E-state index is -0.105. The van der Waals surface area contributed by atoms with Crippen LogP contribution in [0.3, 0.4) is 0 Å². The SMILES string of the molecule is CCCCCCCCCCCCCCCCCCSOC(=O)CC.CCCCCCCCCCCCSOC(=O)CC. The molecule has 0 amide bonds. The van der Waals surface area contributed by atoms with Crippen molar-refractivity contribution in [1.29, 1.82) is 0 Å². The summed E-state index contributed by atoms with van der Waals surface area (Å²) >= 11 is 2.64. The molecular formula is C36H72O4S2. The van der Waals surface area contributed by atoms with E-state index in [1.165, 1.54) is 185 Å². The van der Waals surface area contributed by atoms with Crippen LogP contribution in [0.5, 0.6) is 0 Å². The van der Waals surface area contributed by atoms with Gasteiger partial charge in [-0.3, -0.25) is 9.59 Å². The van der Waals surface area contributed by atoms with Gasteiger partial charge in [0.05, 0.1) is 24.1 Å². The zero-order chi connectivity index (χ0) is 31.2. The van der Waals surface area contributed by atoms with Gasteiger partial charge in [-0.25, -0.2) is 0 Å². The first kappa shape index (κ1) is 43.8. The summed E-state index contributed by atoms with van der Waals surface area (Å²) in [6.45, 7) is 8.20. The Hall–Kier alpha value is -0.360. The molecule has 0 aromatic rings. The molecule has 0 spiro atoms. The van der Waals surface area contributed by atoms with Gasteiger partial charge in [0.15, 0.2) is 0 Å². The molecule has 6 heteroatoms. The van der Waals surface area contributed by atoms with E-state index in [0.29, 0.717) is 12.8 Å². The molecule has 0 unspecified atom stereocenters. The quantitative estimate of drug-likeness (QED) is 0.0543. The first-order valence-electron chi connectivity index (χ1n) is 18.3. The van der Waals surface area contributed by atoms with Gasteiger partial charge >= 0.3 is 11.9 Å². The lowest BCUT2D eigenvalue weighted by molar-refractivity contribution is -0.133. The third-order valence-corrected chi connectivity index (χ3v) is 9.06. The number of carbonyl (C=O) groups is 2. The number of unbranched alkanes of at least 4 members (excludes halogenated alkanes) is 24. The lowest BCUT2D eigenvalue weighted by atomic mass is 10.0. The molecule has 0 aliphatic carbocycles. The van der Waals surface area contributed by atoms with E-state index >= 15 is 0 Å². The van der Waals surface area contributed by atoms with Crippen LogP contribution in [-0.4, -0.2) is 23.4 Å². The molecule has 0 aliphatic heterocycles. The van der Waals surface area contributed by atoms with E-state index in [-0.39, 0.29) is 11.9 Å². The van der Waals surface area contributed by atoms with Gasteiger partial charge < -0.3 is 8.37 Å². The third-order valence-electron chi connectivity index (χ3n) is 7.54. The van der Waals surface area contributed by atoms with Crippen LogP contribution in [-0.2, 0) is 18.0 Å². The zero-order valence-electron chi connectivity index (χ0n) is 28.7. The molecule has 0 fully saturated rings. The van der Waals surface area contributed by atoms with Crippen molar-refractivity contribution >= 4 is 36.0 Å². The summed E-state index contributed by atoms with van der Waals surface area (Å²) in [5.74, 6) is 1.69. The minimum absolute atomic E-state index is 0.100. The van der Waals surface area contributed by atoms with Crippen molar-refractivity contribution in [3.8, 4) is 0 Å². The molecule has 0 aromatic carbocycles. The molecule has 0 N–H and O–H groups in total. The summed E-state index contributed by atoms with van der Waals surface area (Å²) < 4.78 is 9.94. The van der Waals surface area contributed by atoms with Crippen molar-refractivity contribution in [2.75, 3.05) is 11.5 Å². The van der Waals surface area contributed by atoms with Gasteiger partial charge in [-0.15, -0.1) is 0 Å². The van der Waals surface area contributed by atoms with Crippen LogP contribution in [0, 0.1) is 0 Å². The fourth-order valence-electron chi connectivity index (χ4n) is 4.69. The third kappa shape index (κ3) is 41.8. The Kier molecular flexibility index (Phi) is 42.4. The van der Waals surface area contributed by atoms with Gasteiger partial charge in [0.25, 0.3) is 0 Å². The van der Waals surface area contributed by atoms with E-state index in [4.69, 9.17) is 8.37 Å². The van der Waals surface area contributed by atoms with Crippen LogP contribution in [0.15, 0.2) is 0 Å². The van der Waals surface area contributed by atoms with Crippen LogP contribution in [0.25, 0.3) is 0 Å². The van der Waals surface area contributed by atoms with Gasteiger partial charge in [0.2, 0.25) is 0 Å². The van der Waals surface area contributed by atoms with Crippen molar-refractivity contribution in [2.45, 2.75) is 207 Å². The standard InChI is InChI=1S/C21H42O2S.C15H30O2S/c1-3-5-6-7-8-9-10-11-12-13-14-15-16-17-18-19-20-24-23-21(22)4-2;1-3-5-6-7-8-9-10-11-12-13-14-18-17-15(16)4-2/h3-20H2,1-2H3;3-14H2,1-2H3. The summed E-state index contributed by atoms with van der Waals surface area (Å²) in [7, 11) is 0. The highest BCUT2D eigenvalue weighted by molar-refractivity contribution is 7.95. The monoisotopic (exact) mass is 632 g/mol. The Labute approximate surface area is 272 Å². The number of hydrogen-bond donors (Lipinski definition) is 0. The van der Waals surface area contributed by atoms with E-state index in [0.717, 1.165) is 17.9 Å². The Morgan fingerprint density at radius 3 is 0.786 bits per heavy atom. The molecule has 0 aliphatic rings. The van der Waals surface area contributed by atoms with Gasteiger partial charge in [-0.2, -0.15) is 0 Å². The molecule has 0 heterocycles. The Bertz CT molecular complexity index is 531. The highest BCUT2D eigenvalue weighted by Crippen LogP contribution is 2.15. The van der Waals surface area contributed by atoms with Gasteiger partial charge in [0.1, 0.15) is 0 Å². The summed E-state index contributed by atoms with van der Waals surface area (Å²) in [4.78, 5) is 21.8. The maximum absolute atomic E-state index is 10.9. The Morgan fingerprint density at radius 1 is 0.357 bits per heavy atom.